The maximum absolute atomic E-state index is 11.7. The summed E-state index contributed by atoms with van der Waals surface area (Å²) < 4.78 is 0. The number of carbonyl (C=O) groups is 1. The zero-order chi connectivity index (χ0) is 14.6. The van der Waals surface area contributed by atoms with Gasteiger partial charge in [0.1, 0.15) is 5.82 Å². The number of nitrogens with two attached hydrogens (primary N) is 1. The van der Waals surface area contributed by atoms with E-state index in [9.17, 15) is 4.79 Å². The third-order valence-electron chi connectivity index (χ3n) is 2.73. The van der Waals surface area contributed by atoms with E-state index in [1.807, 2.05) is 34.6 Å². The van der Waals surface area contributed by atoms with E-state index in [0.29, 0.717) is 11.6 Å². The average molecular weight is 285 g/mol. The SMILES string of the molecule is Cc1nc(SC(C)CC(C)(NC(C)C)C(N)=O)n[nH]1. The number of carbonyl (C=O) groups excluding carboxylic acids is 1. The summed E-state index contributed by atoms with van der Waals surface area (Å²) >= 11 is 1.53. The molecule has 0 bridgehead atoms. The minimum absolute atomic E-state index is 0.180. The standard InChI is InChI=1S/C12H23N5OS/c1-7(2)15-12(5,10(13)18)6-8(3)19-11-14-9(4)16-17-11/h7-8,15H,6H2,1-5H3,(H2,13,18)(H,14,16,17). The highest BCUT2D eigenvalue weighted by molar-refractivity contribution is 7.99. The molecule has 2 unspecified atom stereocenters. The van der Waals surface area contributed by atoms with Gasteiger partial charge in [0.15, 0.2) is 0 Å². The summed E-state index contributed by atoms with van der Waals surface area (Å²) in [7, 11) is 0. The highest BCUT2D eigenvalue weighted by Gasteiger charge is 2.33. The highest BCUT2D eigenvalue weighted by atomic mass is 32.2. The number of rotatable bonds is 7. The van der Waals surface area contributed by atoms with Crippen molar-refractivity contribution >= 4 is 17.7 Å². The number of nitrogens with zero attached hydrogens (tertiary/aromatic N) is 2. The first-order valence-electron chi connectivity index (χ1n) is 6.36. The molecule has 7 heteroatoms. The summed E-state index contributed by atoms with van der Waals surface area (Å²) in [5, 5.41) is 11.0. The monoisotopic (exact) mass is 285 g/mol. The van der Waals surface area contributed by atoms with E-state index < -0.39 is 5.54 Å². The Hall–Kier alpha value is -1.08. The van der Waals surface area contributed by atoms with E-state index in [1.165, 1.54) is 11.8 Å². The molecule has 6 nitrogen and oxygen atoms in total. The van der Waals surface area contributed by atoms with Crippen LogP contribution in [0.25, 0.3) is 0 Å². The Balaban J connectivity index is 2.66. The van der Waals surface area contributed by atoms with E-state index in [-0.39, 0.29) is 17.2 Å². The van der Waals surface area contributed by atoms with Crippen molar-refractivity contribution in [2.45, 2.75) is 63.0 Å². The Bertz CT molecular complexity index is 434. The molecule has 0 aromatic carbocycles. The smallest absolute Gasteiger partial charge is 0.237 e. The van der Waals surface area contributed by atoms with Crippen LogP contribution in [-0.4, -0.2) is 37.9 Å². The molecule has 1 amide bonds. The average Bonchev–Trinajstić information content (AvgIpc) is 2.61. The number of hydrogen-bond acceptors (Lipinski definition) is 5. The molecular formula is C12H23N5OS. The molecular weight excluding hydrogens is 262 g/mol. The van der Waals surface area contributed by atoms with Crippen molar-refractivity contribution in [1.29, 1.82) is 0 Å². The van der Waals surface area contributed by atoms with E-state index >= 15 is 0 Å². The second-order valence-corrected chi connectivity index (χ2v) is 6.74. The highest BCUT2D eigenvalue weighted by Crippen LogP contribution is 2.26. The van der Waals surface area contributed by atoms with E-state index in [4.69, 9.17) is 5.73 Å². The Morgan fingerprint density at radius 1 is 1.53 bits per heavy atom. The van der Waals surface area contributed by atoms with Crippen molar-refractivity contribution in [2.75, 3.05) is 0 Å². The number of primary amides is 1. The van der Waals surface area contributed by atoms with Gasteiger partial charge in [-0.05, 0) is 34.1 Å². The van der Waals surface area contributed by atoms with Gasteiger partial charge >= 0.3 is 0 Å². The van der Waals surface area contributed by atoms with Crippen LogP contribution in [0.15, 0.2) is 5.16 Å². The van der Waals surface area contributed by atoms with Crippen LogP contribution in [0.4, 0.5) is 0 Å². The molecule has 1 aromatic heterocycles. The van der Waals surface area contributed by atoms with Crippen molar-refractivity contribution in [3.05, 3.63) is 5.82 Å². The van der Waals surface area contributed by atoms with Gasteiger partial charge in [-0.2, -0.15) is 0 Å². The lowest BCUT2D eigenvalue weighted by Gasteiger charge is -2.31. The Morgan fingerprint density at radius 3 is 2.58 bits per heavy atom. The predicted molar refractivity (Wildman–Crippen MR) is 76.9 cm³/mol. The number of aromatic amines is 1. The summed E-state index contributed by atoms with van der Waals surface area (Å²) in [6.07, 6.45) is 0.624. The molecule has 0 aliphatic carbocycles. The summed E-state index contributed by atoms with van der Waals surface area (Å²) in [4.78, 5) is 15.9. The topological polar surface area (TPSA) is 96.7 Å². The maximum atomic E-state index is 11.7. The van der Waals surface area contributed by atoms with Gasteiger partial charge in [-0.1, -0.05) is 18.7 Å². The zero-order valence-corrected chi connectivity index (χ0v) is 13.0. The summed E-state index contributed by atoms with van der Waals surface area (Å²) in [5.41, 5.74) is 4.80. The summed E-state index contributed by atoms with van der Waals surface area (Å²) in [6.45, 7) is 9.74. The Labute approximate surface area is 118 Å². The van der Waals surface area contributed by atoms with Crippen LogP contribution in [-0.2, 0) is 4.79 Å². The molecule has 0 radical (unpaired) electrons. The third-order valence-corrected chi connectivity index (χ3v) is 3.69. The largest absolute Gasteiger partial charge is 0.368 e. The lowest BCUT2D eigenvalue weighted by atomic mass is 9.94. The first-order chi connectivity index (χ1) is 8.73. The Morgan fingerprint density at radius 2 is 2.16 bits per heavy atom. The van der Waals surface area contributed by atoms with Crippen LogP contribution >= 0.6 is 11.8 Å². The van der Waals surface area contributed by atoms with Gasteiger partial charge < -0.3 is 11.1 Å². The van der Waals surface area contributed by atoms with Crippen LogP contribution < -0.4 is 11.1 Å². The first kappa shape index (κ1) is 16.0. The van der Waals surface area contributed by atoms with Gasteiger partial charge in [0.05, 0.1) is 5.54 Å². The normalized spacial score (nSPS) is 16.3. The van der Waals surface area contributed by atoms with Crippen molar-refractivity contribution < 1.29 is 4.79 Å². The number of amides is 1. The van der Waals surface area contributed by atoms with Gasteiger partial charge in [0.2, 0.25) is 11.1 Å². The number of aryl methyl sites for hydroxylation is 1. The van der Waals surface area contributed by atoms with Crippen LogP contribution in [0.3, 0.4) is 0 Å². The molecule has 0 aliphatic rings. The zero-order valence-electron chi connectivity index (χ0n) is 12.2. The molecule has 1 aromatic rings. The molecule has 1 heterocycles. The second kappa shape index (κ2) is 6.38. The molecule has 0 saturated carbocycles. The number of thioether (sulfide) groups is 1. The summed E-state index contributed by atoms with van der Waals surface area (Å²) in [5.74, 6) is 0.451. The van der Waals surface area contributed by atoms with E-state index in [2.05, 4.69) is 20.5 Å². The van der Waals surface area contributed by atoms with E-state index in [1.54, 1.807) is 0 Å². The maximum Gasteiger partial charge on any atom is 0.237 e. The minimum atomic E-state index is -0.716. The lowest BCUT2D eigenvalue weighted by molar-refractivity contribution is -0.124. The molecule has 4 N–H and O–H groups in total. The Kier molecular flexibility index (Phi) is 5.37. The fraction of sp³-hybridized carbons (Fsp3) is 0.750. The van der Waals surface area contributed by atoms with Gasteiger partial charge in [-0.25, -0.2) is 4.98 Å². The fourth-order valence-corrected chi connectivity index (χ4v) is 3.10. The van der Waals surface area contributed by atoms with Crippen molar-refractivity contribution in [1.82, 2.24) is 20.5 Å². The van der Waals surface area contributed by atoms with Crippen LogP contribution in [0, 0.1) is 6.92 Å². The van der Waals surface area contributed by atoms with Gasteiger partial charge in [0, 0.05) is 11.3 Å². The lowest BCUT2D eigenvalue weighted by Crippen LogP contribution is -2.56. The number of H-pyrrole nitrogens is 1. The van der Waals surface area contributed by atoms with Gasteiger partial charge in [0.25, 0.3) is 0 Å². The van der Waals surface area contributed by atoms with E-state index in [0.717, 1.165) is 5.82 Å². The molecule has 0 fully saturated rings. The molecule has 19 heavy (non-hydrogen) atoms. The first-order valence-corrected chi connectivity index (χ1v) is 7.24. The van der Waals surface area contributed by atoms with Crippen molar-refractivity contribution in [2.24, 2.45) is 5.73 Å². The molecule has 0 saturated heterocycles. The number of aromatic nitrogens is 3. The van der Waals surface area contributed by atoms with Crippen LogP contribution in [0.5, 0.6) is 0 Å². The van der Waals surface area contributed by atoms with Crippen LogP contribution in [0.1, 0.15) is 39.9 Å². The molecule has 108 valence electrons. The minimum Gasteiger partial charge on any atom is -0.368 e. The second-order valence-electron chi connectivity index (χ2n) is 5.33. The van der Waals surface area contributed by atoms with Gasteiger partial charge in [-0.15, -0.1) is 5.10 Å². The summed E-state index contributed by atoms with van der Waals surface area (Å²) in [6, 6.07) is 0.195. The fourth-order valence-electron chi connectivity index (χ4n) is 2.04. The van der Waals surface area contributed by atoms with Crippen molar-refractivity contribution in [3.63, 3.8) is 0 Å². The molecule has 0 spiro atoms. The third kappa shape index (κ3) is 4.83. The molecule has 0 aliphatic heterocycles. The molecule has 2 atom stereocenters. The van der Waals surface area contributed by atoms with Crippen molar-refractivity contribution in [3.8, 4) is 0 Å². The molecule has 1 rings (SSSR count). The predicted octanol–water partition coefficient (Wildman–Crippen LogP) is 1.23. The van der Waals surface area contributed by atoms with Gasteiger partial charge in [-0.3, -0.25) is 9.89 Å². The number of hydrogen-bond donors (Lipinski definition) is 3. The van der Waals surface area contributed by atoms with Crippen LogP contribution in [0.2, 0.25) is 0 Å². The quantitative estimate of drug-likeness (QED) is 0.655. The number of nitrogens with one attached hydrogen (secondary N) is 2.